The lowest BCUT2D eigenvalue weighted by molar-refractivity contribution is 0.0781. The number of hydrogen-bond acceptors (Lipinski definition) is 6. The molecule has 0 bridgehead atoms. The molecule has 0 spiro atoms. The molecule has 3 aromatic carbocycles. The minimum absolute atomic E-state index is 0.0359. The molecule has 0 radical (unpaired) electrons. The minimum atomic E-state index is -4.08. The van der Waals surface area contributed by atoms with Crippen LogP contribution in [0.4, 0.5) is 0 Å². The summed E-state index contributed by atoms with van der Waals surface area (Å²) < 4.78 is 47.6. The monoisotopic (exact) mass is 570 g/mol. The standard InChI is InChI=1S/C29H31ClN2O6S/c1-31-13-7-8-14-32(39(34,35)28-19-27-26(18-24(28)30)36-15-16-37-27)22(17-21-9-3-2-4-10-21)20-38-25-12-6-5-11-23(25)29(31)33/h2-6,9-12,18-19,22H,7-8,13-17,20H2,1H3/t22-/m0/s1. The number of sulfonamides is 1. The zero-order valence-corrected chi connectivity index (χ0v) is 23.3. The third-order valence-corrected chi connectivity index (χ3v) is 9.34. The molecule has 2 heterocycles. The summed E-state index contributed by atoms with van der Waals surface area (Å²) in [6.45, 7) is 1.46. The van der Waals surface area contributed by atoms with E-state index in [1.54, 1.807) is 36.2 Å². The number of hydrogen-bond donors (Lipinski definition) is 0. The van der Waals surface area contributed by atoms with Crippen molar-refractivity contribution in [3.63, 3.8) is 0 Å². The third-order valence-electron chi connectivity index (χ3n) is 6.92. The van der Waals surface area contributed by atoms with E-state index in [2.05, 4.69) is 0 Å². The second-order valence-corrected chi connectivity index (χ2v) is 11.9. The highest BCUT2D eigenvalue weighted by Crippen LogP contribution is 2.39. The van der Waals surface area contributed by atoms with Gasteiger partial charge in [0.2, 0.25) is 10.0 Å². The van der Waals surface area contributed by atoms with Crippen LogP contribution >= 0.6 is 11.6 Å². The Labute approximate surface area is 234 Å². The summed E-state index contributed by atoms with van der Waals surface area (Å²) in [4.78, 5) is 14.7. The number of benzene rings is 3. The zero-order valence-electron chi connectivity index (χ0n) is 21.7. The normalized spacial score (nSPS) is 18.9. The van der Waals surface area contributed by atoms with E-state index in [4.69, 9.17) is 25.8 Å². The fourth-order valence-corrected chi connectivity index (χ4v) is 7.03. The molecule has 10 heteroatoms. The molecule has 1 amide bonds. The lowest BCUT2D eigenvalue weighted by Crippen LogP contribution is -2.46. The molecular weight excluding hydrogens is 540 g/mol. The van der Waals surface area contributed by atoms with E-state index in [1.807, 2.05) is 30.3 Å². The number of fused-ring (bicyclic) bond motifs is 2. The average Bonchev–Trinajstić information content (AvgIpc) is 2.94. The van der Waals surface area contributed by atoms with Crippen molar-refractivity contribution in [1.29, 1.82) is 0 Å². The van der Waals surface area contributed by atoms with Crippen molar-refractivity contribution < 1.29 is 27.4 Å². The predicted molar refractivity (Wildman–Crippen MR) is 148 cm³/mol. The fraction of sp³-hybridized carbons (Fsp3) is 0.345. The Bertz CT molecular complexity index is 1430. The number of ether oxygens (including phenoxy) is 3. The third kappa shape index (κ3) is 6.00. The summed E-state index contributed by atoms with van der Waals surface area (Å²) in [5.41, 5.74) is 1.42. The number of amides is 1. The maximum Gasteiger partial charge on any atom is 0.257 e. The molecule has 3 aromatic rings. The van der Waals surface area contributed by atoms with Gasteiger partial charge in [-0.3, -0.25) is 4.79 Å². The van der Waals surface area contributed by atoms with Gasteiger partial charge in [-0.05, 0) is 37.0 Å². The van der Waals surface area contributed by atoms with E-state index in [-0.39, 0.29) is 29.0 Å². The molecule has 0 aromatic heterocycles. The van der Waals surface area contributed by atoms with Crippen LogP contribution in [0.15, 0.2) is 71.6 Å². The van der Waals surface area contributed by atoms with Crippen LogP contribution in [-0.4, -0.2) is 69.5 Å². The molecule has 206 valence electrons. The molecule has 5 rings (SSSR count). The molecule has 2 aliphatic rings. The van der Waals surface area contributed by atoms with Crippen LogP contribution in [0.25, 0.3) is 0 Å². The van der Waals surface area contributed by atoms with Crippen molar-refractivity contribution in [2.45, 2.75) is 30.2 Å². The molecule has 0 fully saturated rings. The van der Waals surface area contributed by atoms with Gasteiger partial charge in [-0.2, -0.15) is 4.31 Å². The van der Waals surface area contributed by atoms with Crippen molar-refractivity contribution in [3.8, 4) is 17.2 Å². The molecule has 8 nitrogen and oxygen atoms in total. The highest BCUT2D eigenvalue weighted by molar-refractivity contribution is 7.89. The van der Waals surface area contributed by atoms with E-state index in [0.29, 0.717) is 61.8 Å². The Hall–Kier alpha value is -3.27. The second kappa shape index (κ2) is 11.9. The number of nitrogens with zero attached hydrogens (tertiary/aromatic N) is 2. The first kappa shape index (κ1) is 27.3. The Morgan fingerprint density at radius 3 is 2.31 bits per heavy atom. The number of para-hydroxylation sites is 1. The van der Waals surface area contributed by atoms with E-state index >= 15 is 0 Å². The summed E-state index contributed by atoms with van der Waals surface area (Å²) in [6.07, 6.45) is 1.59. The maximum atomic E-state index is 14.3. The molecule has 39 heavy (non-hydrogen) atoms. The van der Waals surface area contributed by atoms with Gasteiger partial charge in [-0.25, -0.2) is 8.42 Å². The molecule has 0 saturated carbocycles. The van der Waals surface area contributed by atoms with E-state index in [9.17, 15) is 13.2 Å². The average molecular weight is 571 g/mol. The van der Waals surface area contributed by atoms with Crippen molar-refractivity contribution in [2.24, 2.45) is 0 Å². The molecular formula is C29H31ClN2O6S. The first-order valence-electron chi connectivity index (χ1n) is 13.0. The quantitative estimate of drug-likeness (QED) is 0.454. The summed E-state index contributed by atoms with van der Waals surface area (Å²) in [5.74, 6) is 1.07. The highest BCUT2D eigenvalue weighted by atomic mass is 35.5. The molecule has 0 saturated heterocycles. The van der Waals surface area contributed by atoms with Gasteiger partial charge in [0, 0.05) is 32.3 Å². The Kier molecular flexibility index (Phi) is 8.30. The number of halogens is 1. The van der Waals surface area contributed by atoms with Crippen LogP contribution in [0, 0.1) is 0 Å². The maximum absolute atomic E-state index is 14.3. The summed E-state index contributed by atoms with van der Waals surface area (Å²) in [5, 5.41) is 0.0698. The lowest BCUT2D eigenvalue weighted by Gasteiger charge is -2.33. The molecule has 0 unspecified atom stereocenters. The van der Waals surface area contributed by atoms with Gasteiger partial charge in [0.1, 0.15) is 30.5 Å². The minimum Gasteiger partial charge on any atom is -0.491 e. The summed E-state index contributed by atoms with van der Waals surface area (Å²) in [7, 11) is -2.34. The fourth-order valence-electron chi connectivity index (χ4n) is 4.88. The van der Waals surface area contributed by atoms with Crippen LogP contribution in [-0.2, 0) is 16.4 Å². The second-order valence-electron chi connectivity index (χ2n) is 9.63. The van der Waals surface area contributed by atoms with Crippen molar-refractivity contribution >= 4 is 27.5 Å². The first-order valence-corrected chi connectivity index (χ1v) is 14.8. The van der Waals surface area contributed by atoms with E-state index < -0.39 is 16.1 Å². The Balaban J connectivity index is 1.56. The number of carbonyl (C=O) groups is 1. The number of rotatable bonds is 4. The van der Waals surface area contributed by atoms with E-state index in [0.717, 1.165) is 5.56 Å². The van der Waals surface area contributed by atoms with Gasteiger partial charge in [0.25, 0.3) is 5.91 Å². The molecule has 1 atom stereocenters. The Morgan fingerprint density at radius 1 is 0.872 bits per heavy atom. The van der Waals surface area contributed by atoms with Gasteiger partial charge in [-0.1, -0.05) is 54.1 Å². The highest BCUT2D eigenvalue weighted by Gasteiger charge is 2.35. The first-order chi connectivity index (χ1) is 18.8. The topological polar surface area (TPSA) is 85.4 Å². The van der Waals surface area contributed by atoms with Gasteiger partial charge in [-0.15, -0.1) is 0 Å². The van der Waals surface area contributed by atoms with Crippen molar-refractivity contribution in [2.75, 3.05) is 40.0 Å². The summed E-state index contributed by atoms with van der Waals surface area (Å²) >= 11 is 6.54. The smallest absolute Gasteiger partial charge is 0.257 e. The largest absolute Gasteiger partial charge is 0.491 e. The van der Waals surface area contributed by atoms with Crippen molar-refractivity contribution in [3.05, 3.63) is 82.9 Å². The SMILES string of the molecule is CN1CCCCN(S(=O)(=O)c2cc3c(cc2Cl)OCCO3)[C@@H](Cc2ccccc2)COc2ccccc2C1=O. The van der Waals surface area contributed by atoms with Crippen molar-refractivity contribution in [1.82, 2.24) is 9.21 Å². The van der Waals surface area contributed by atoms with Gasteiger partial charge in [0.15, 0.2) is 11.5 Å². The molecule has 0 aliphatic carbocycles. The summed E-state index contributed by atoms with van der Waals surface area (Å²) in [6, 6.07) is 19.1. The van der Waals surface area contributed by atoms with Gasteiger partial charge < -0.3 is 19.1 Å². The molecule has 0 N–H and O–H groups in total. The van der Waals surface area contributed by atoms with E-state index in [1.165, 1.54) is 16.4 Å². The number of carbonyl (C=O) groups excluding carboxylic acids is 1. The zero-order chi connectivity index (χ0) is 27.4. The van der Waals surface area contributed by atoms with Gasteiger partial charge in [0.05, 0.1) is 16.6 Å². The van der Waals surface area contributed by atoms with Crippen LogP contribution in [0.3, 0.4) is 0 Å². The van der Waals surface area contributed by atoms with Crippen LogP contribution in [0.1, 0.15) is 28.8 Å². The van der Waals surface area contributed by atoms with Crippen LogP contribution < -0.4 is 14.2 Å². The molecule has 2 aliphatic heterocycles. The van der Waals surface area contributed by atoms with Gasteiger partial charge >= 0.3 is 0 Å². The lowest BCUT2D eigenvalue weighted by atomic mass is 10.1. The Morgan fingerprint density at radius 2 is 1.54 bits per heavy atom. The van der Waals surface area contributed by atoms with Crippen LogP contribution in [0.2, 0.25) is 5.02 Å². The predicted octanol–water partition coefficient (Wildman–Crippen LogP) is 4.66. The van der Waals surface area contributed by atoms with Crippen LogP contribution in [0.5, 0.6) is 17.2 Å².